The van der Waals surface area contributed by atoms with E-state index in [1.807, 2.05) is 30.0 Å². The molecule has 24 heavy (non-hydrogen) atoms. The van der Waals surface area contributed by atoms with Crippen molar-refractivity contribution in [1.29, 1.82) is 0 Å². The van der Waals surface area contributed by atoms with Gasteiger partial charge in [0, 0.05) is 43.9 Å². The van der Waals surface area contributed by atoms with Crippen LogP contribution in [-0.4, -0.2) is 44.2 Å². The molecule has 1 aliphatic heterocycles. The highest BCUT2D eigenvalue weighted by Gasteiger charge is 2.24. The number of nitro groups is 1. The van der Waals surface area contributed by atoms with Crippen molar-refractivity contribution in [3.8, 4) is 0 Å². The molecule has 0 spiro atoms. The fourth-order valence-corrected chi connectivity index (χ4v) is 3.89. The summed E-state index contributed by atoms with van der Waals surface area (Å²) >= 11 is 1.99. The number of nitrogens with one attached hydrogen (secondary N) is 1. The minimum absolute atomic E-state index is 0.0240. The van der Waals surface area contributed by atoms with Gasteiger partial charge in [-0.15, -0.1) is 0 Å². The molecule has 1 aromatic heterocycles. The molecule has 0 amide bonds. The van der Waals surface area contributed by atoms with Gasteiger partial charge in [0.05, 0.1) is 4.92 Å². The lowest BCUT2D eigenvalue weighted by molar-refractivity contribution is -0.384. The summed E-state index contributed by atoms with van der Waals surface area (Å²) in [4.78, 5) is 13.3. The molecule has 1 aliphatic rings. The Balaban J connectivity index is 1.79. The number of thioether (sulfide) groups is 1. The fourth-order valence-electron chi connectivity index (χ4n) is 2.91. The molecule has 8 heteroatoms. The standard InChI is InChI=1S/C16H21N5O2S/c1-12-15(21(22)23)16(19(2)18-12)17-14-5-3-4-13(10-14)11-20-6-8-24-9-7-20/h3-5,10,17H,6-9,11H2,1-2H3. The Hall–Kier alpha value is -2.06. The average molecular weight is 347 g/mol. The normalized spacial score (nSPS) is 15.4. The minimum Gasteiger partial charge on any atom is -0.335 e. The molecule has 0 aliphatic carbocycles. The van der Waals surface area contributed by atoms with Crippen LogP contribution in [0.1, 0.15) is 11.3 Å². The Kier molecular flexibility index (Phi) is 5.06. The number of anilines is 2. The summed E-state index contributed by atoms with van der Waals surface area (Å²) in [5.74, 6) is 2.76. The van der Waals surface area contributed by atoms with E-state index >= 15 is 0 Å². The highest BCUT2D eigenvalue weighted by Crippen LogP contribution is 2.30. The smallest absolute Gasteiger partial charge is 0.334 e. The molecular weight excluding hydrogens is 326 g/mol. The number of rotatable bonds is 5. The lowest BCUT2D eigenvalue weighted by Gasteiger charge is -2.26. The quantitative estimate of drug-likeness (QED) is 0.662. The highest BCUT2D eigenvalue weighted by molar-refractivity contribution is 7.99. The molecule has 7 nitrogen and oxygen atoms in total. The van der Waals surface area contributed by atoms with Gasteiger partial charge in [-0.05, 0) is 24.6 Å². The maximum absolute atomic E-state index is 11.3. The van der Waals surface area contributed by atoms with Gasteiger partial charge in [-0.3, -0.25) is 15.0 Å². The number of hydrogen-bond acceptors (Lipinski definition) is 6. The van der Waals surface area contributed by atoms with E-state index in [0.29, 0.717) is 11.5 Å². The molecule has 0 radical (unpaired) electrons. The third-order valence-electron chi connectivity index (χ3n) is 4.07. The molecule has 1 fully saturated rings. The second-order valence-electron chi connectivity index (χ2n) is 5.88. The lowest BCUT2D eigenvalue weighted by Crippen LogP contribution is -2.31. The highest BCUT2D eigenvalue weighted by atomic mass is 32.2. The Morgan fingerprint density at radius 1 is 1.38 bits per heavy atom. The Morgan fingerprint density at radius 3 is 2.83 bits per heavy atom. The van der Waals surface area contributed by atoms with E-state index in [4.69, 9.17) is 0 Å². The van der Waals surface area contributed by atoms with Crippen molar-refractivity contribution in [3.63, 3.8) is 0 Å². The van der Waals surface area contributed by atoms with Crippen LogP contribution in [0.2, 0.25) is 0 Å². The van der Waals surface area contributed by atoms with Gasteiger partial charge in [-0.2, -0.15) is 16.9 Å². The summed E-state index contributed by atoms with van der Waals surface area (Å²) in [5, 5.41) is 18.6. The van der Waals surface area contributed by atoms with Crippen molar-refractivity contribution in [3.05, 3.63) is 45.6 Å². The fraction of sp³-hybridized carbons (Fsp3) is 0.438. The van der Waals surface area contributed by atoms with Crippen LogP contribution < -0.4 is 5.32 Å². The summed E-state index contributed by atoms with van der Waals surface area (Å²) in [7, 11) is 1.71. The van der Waals surface area contributed by atoms with E-state index in [0.717, 1.165) is 25.3 Å². The first kappa shape index (κ1) is 16.8. The van der Waals surface area contributed by atoms with Crippen LogP contribution in [0.4, 0.5) is 17.2 Å². The van der Waals surface area contributed by atoms with Crippen molar-refractivity contribution in [2.75, 3.05) is 29.9 Å². The van der Waals surface area contributed by atoms with Crippen LogP contribution in [-0.2, 0) is 13.6 Å². The first-order valence-electron chi connectivity index (χ1n) is 7.88. The van der Waals surface area contributed by atoms with Crippen LogP contribution in [0.15, 0.2) is 24.3 Å². The third kappa shape index (κ3) is 3.70. The van der Waals surface area contributed by atoms with Gasteiger partial charge >= 0.3 is 5.69 Å². The molecule has 0 unspecified atom stereocenters. The maximum Gasteiger partial charge on any atom is 0.334 e. The number of nitrogens with zero attached hydrogens (tertiary/aromatic N) is 4. The first-order chi connectivity index (χ1) is 11.5. The van der Waals surface area contributed by atoms with E-state index in [2.05, 4.69) is 21.4 Å². The van der Waals surface area contributed by atoms with Crippen LogP contribution in [0.25, 0.3) is 0 Å². The molecular formula is C16H21N5O2S. The minimum atomic E-state index is -0.389. The summed E-state index contributed by atoms with van der Waals surface area (Å²) in [6.07, 6.45) is 0. The van der Waals surface area contributed by atoms with Gasteiger partial charge < -0.3 is 5.32 Å². The van der Waals surface area contributed by atoms with Crippen LogP contribution in [0, 0.1) is 17.0 Å². The van der Waals surface area contributed by atoms with Crippen molar-refractivity contribution >= 4 is 29.0 Å². The van der Waals surface area contributed by atoms with Crippen molar-refractivity contribution in [2.24, 2.45) is 7.05 Å². The van der Waals surface area contributed by atoms with Crippen molar-refractivity contribution in [2.45, 2.75) is 13.5 Å². The van der Waals surface area contributed by atoms with Crippen molar-refractivity contribution in [1.82, 2.24) is 14.7 Å². The Morgan fingerprint density at radius 2 is 2.12 bits per heavy atom. The summed E-state index contributed by atoms with van der Waals surface area (Å²) < 4.78 is 1.52. The molecule has 0 bridgehead atoms. The van der Waals surface area contributed by atoms with Gasteiger partial charge in [0.2, 0.25) is 5.82 Å². The predicted octanol–water partition coefficient (Wildman–Crippen LogP) is 2.93. The predicted molar refractivity (Wildman–Crippen MR) is 96.9 cm³/mol. The van der Waals surface area contributed by atoms with Gasteiger partial charge in [-0.1, -0.05) is 12.1 Å². The monoisotopic (exact) mass is 347 g/mol. The molecule has 128 valence electrons. The molecule has 2 heterocycles. The van der Waals surface area contributed by atoms with Crippen LogP contribution in [0.3, 0.4) is 0 Å². The van der Waals surface area contributed by atoms with Crippen LogP contribution in [0.5, 0.6) is 0 Å². The summed E-state index contributed by atoms with van der Waals surface area (Å²) in [6.45, 7) is 4.76. The number of benzene rings is 1. The molecule has 0 saturated carbocycles. The SMILES string of the molecule is Cc1nn(C)c(Nc2cccc(CN3CCSCC3)c2)c1[N+](=O)[O-]. The van der Waals surface area contributed by atoms with Gasteiger partial charge in [0.15, 0.2) is 0 Å². The van der Waals surface area contributed by atoms with Gasteiger partial charge in [0.25, 0.3) is 0 Å². The molecule has 1 aromatic carbocycles. The number of hydrogen-bond donors (Lipinski definition) is 1. The van der Waals surface area contributed by atoms with Crippen molar-refractivity contribution < 1.29 is 4.92 Å². The summed E-state index contributed by atoms with van der Waals surface area (Å²) in [5.41, 5.74) is 2.47. The molecule has 0 atom stereocenters. The van der Waals surface area contributed by atoms with Gasteiger partial charge in [-0.25, -0.2) is 4.68 Å². The second-order valence-corrected chi connectivity index (χ2v) is 7.10. The summed E-state index contributed by atoms with van der Waals surface area (Å²) in [6, 6.07) is 8.04. The maximum atomic E-state index is 11.3. The zero-order valence-electron chi connectivity index (χ0n) is 13.9. The molecule has 2 aromatic rings. The molecule has 3 rings (SSSR count). The lowest BCUT2D eigenvalue weighted by atomic mass is 10.2. The average Bonchev–Trinajstić information content (AvgIpc) is 2.82. The van der Waals surface area contributed by atoms with E-state index < -0.39 is 0 Å². The number of aromatic nitrogens is 2. The van der Waals surface area contributed by atoms with E-state index in [-0.39, 0.29) is 10.6 Å². The van der Waals surface area contributed by atoms with E-state index in [9.17, 15) is 10.1 Å². The Bertz CT molecular complexity index is 740. The zero-order chi connectivity index (χ0) is 17.1. The van der Waals surface area contributed by atoms with E-state index in [1.54, 1.807) is 14.0 Å². The second kappa shape index (κ2) is 7.23. The van der Waals surface area contributed by atoms with E-state index in [1.165, 1.54) is 21.8 Å². The first-order valence-corrected chi connectivity index (χ1v) is 9.04. The molecule has 1 N–H and O–H groups in total. The Labute approximate surface area is 145 Å². The zero-order valence-corrected chi connectivity index (χ0v) is 14.7. The largest absolute Gasteiger partial charge is 0.335 e. The van der Waals surface area contributed by atoms with Gasteiger partial charge in [0.1, 0.15) is 5.69 Å². The molecule has 1 saturated heterocycles. The topological polar surface area (TPSA) is 76.2 Å². The number of aryl methyl sites for hydroxylation is 2. The third-order valence-corrected chi connectivity index (χ3v) is 5.02. The van der Waals surface area contributed by atoms with Crippen LogP contribution >= 0.6 is 11.8 Å².